The third-order valence-electron chi connectivity index (χ3n) is 2.96. The molecule has 0 radical (unpaired) electrons. The molecule has 17 heavy (non-hydrogen) atoms. The Morgan fingerprint density at radius 1 is 1.59 bits per heavy atom. The third-order valence-corrected chi connectivity index (χ3v) is 2.96. The Hall–Kier alpha value is -1.71. The Balaban J connectivity index is 2.02. The molecule has 1 N–H and O–H groups in total. The van der Waals surface area contributed by atoms with Crippen molar-refractivity contribution in [1.82, 2.24) is 5.32 Å². The summed E-state index contributed by atoms with van der Waals surface area (Å²) in [6.07, 6.45) is 0.889. The predicted molar refractivity (Wildman–Crippen MR) is 64.5 cm³/mol. The van der Waals surface area contributed by atoms with Gasteiger partial charge in [-0.25, -0.2) is 0 Å². The van der Waals surface area contributed by atoms with Crippen molar-refractivity contribution in [3.8, 4) is 11.5 Å². The Morgan fingerprint density at radius 2 is 2.41 bits per heavy atom. The summed E-state index contributed by atoms with van der Waals surface area (Å²) in [6, 6.07) is 5.85. The second-order valence-corrected chi connectivity index (χ2v) is 4.18. The molecule has 0 fully saturated rings. The Labute approximate surface area is 101 Å². The molecule has 0 bridgehead atoms. The van der Waals surface area contributed by atoms with Crippen molar-refractivity contribution >= 4 is 5.91 Å². The monoisotopic (exact) mass is 235 g/mol. The van der Waals surface area contributed by atoms with Crippen molar-refractivity contribution in [1.29, 1.82) is 0 Å². The summed E-state index contributed by atoms with van der Waals surface area (Å²) in [4.78, 5) is 10.8. The van der Waals surface area contributed by atoms with Gasteiger partial charge in [-0.15, -0.1) is 0 Å². The fraction of sp³-hybridized carbons (Fsp3) is 0.462. The second kappa shape index (κ2) is 5.08. The number of carbonyl (C=O) groups is 1. The van der Waals surface area contributed by atoms with Gasteiger partial charge in [-0.05, 0) is 24.6 Å². The number of ether oxygens (including phenoxy) is 2. The van der Waals surface area contributed by atoms with Crippen LogP contribution in [0.25, 0.3) is 0 Å². The first-order chi connectivity index (χ1) is 8.20. The van der Waals surface area contributed by atoms with Crippen LogP contribution in [0.1, 0.15) is 24.8 Å². The number of methoxy groups -OCH3 is 1. The van der Waals surface area contributed by atoms with Crippen molar-refractivity contribution < 1.29 is 14.3 Å². The van der Waals surface area contributed by atoms with E-state index in [9.17, 15) is 4.79 Å². The predicted octanol–water partition coefficient (Wildman–Crippen LogP) is 1.70. The van der Waals surface area contributed by atoms with Crippen molar-refractivity contribution in [3.63, 3.8) is 0 Å². The van der Waals surface area contributed by atoms with Gasteiger partial charge >= 0.3 is 0 Å². The van der Waals surface area contributed by atoms with E-state index in [-0.39, 0.29) is 5.91 Å². The van der Waals surface area contributed by atoms with E-state index >= 15 is 0 Å². The summed E-state index contributed by atoms with van der Waals surface area (Å²) in [5.41, 5.74) is 1.18. The van der Waals surface area contributed by atoms with Gasteiger partial charge < -0.3 is 14.8 Å². The standard InChI is InChI=1S/C13H17NO3/c1-9(15)14-6-5-10-8-17-13-4-3-11(16-2)7-12(10)13/h3-4,7,10H,5-6,8H2,1-2H3,(H,14,15). The van der Waals surface area contributed by atoms with Crippen molar-refractivity contribution in [2.75, 3.05) is 20.3 Å². The average Bonchev–Trinajstić information content (AvgIpc) is 2.71. The molecule has 0 aromatic heterocycles. The Bertz CT molecular complexity index is 417. The molecule has 1 atom stereocenters. The van der Waals surface area contributed by atoms with Gasteiger partial charge in [-0.1, -0.05) is 0 Å². The first-order valence-corrected chi connectivity index (χ1v) is 5.76. The fourth-order valence-corrected chi connectivity index (χ4v) is 2.05. The number of rotatable bonds is 4. The van der Waals surface area contributed by atoms with Gasteiger partial charge in [-0.2, -0.15) is 0 Å². The first-order valence-electron chi connectivity index (χ1n) is 5.76. The molecule has 1 aromatic rings. The van der Waals surface area contributed by atoms with E-state index in [1.165, 1.54) is 12.5 Å². The van der Waals surface area contributed by atoms with Crippen LogP contribution in [0, 0.1) is 0 Å². The van der Waals surface area contributed by atoms with Crippen LogP contribution in [0.15, 0.2) is 18.2 Å². The lowest BCUT2D eigenvalue weighted by molar-refractivity contribution is -0.118. The quantitative estimate of drug-likeness (QED) is 0.864. The summed E-state index contributed by atoms with van der Waals surface area (Å²) < 4.78 is 10.8. The highest BCUT2D eigenvalue weighted by atomic mass is 16.5. The van der Waals surface area contributed by atoms with E-state index in [0.717, 1.165) is 17.9 Å². The number of hydrogen-bond acceptors (Lipinski definition) is 3. The fourth-order valence-electron chi connectivity index (χ4n) is 2.05. The van der Waals surface area contributed by atoms with Crippen LogP contribution in [0.3, 0.4) is 0 Å². The highest BCUT2D eigenvalue weighted by Crippen LogP contribution is 2.37. The second-order valence-electron chi connectivity index (χ2n) is 4.18. The zero-order chi connectivity index (χ0) is 12.3. The van der Waals surface area contributed by atoms with Crippen molar-refractivity contribution in [2.45, 2.75) is 19.3 Å². The SMILES string of the molecule is COc1ccc2c(c1)C(CCNC(C)=O)CO2. The lowest BCUT2D eigenvalue weighted by atomic mass is 9.97. The average molecular weight is 235 g/mol. The number of nitrogens with one attached hydrogen (secondary N) is 1. The molecule has 4 nitrogen and oxygen atoms in total. The lowest BCUT2D eigenvalue weighted by Gasteiger charge is -2.09. The van der Waals surface area contributed by atoms with Crippen LogP contribution in [0.4, 0.5) is 0 Å². The number of benzene rings is 1. The van der Waals surface area contributed by atoms with Gasteiger partial charge in [0.25, 0.3) is 0 Å². The molecule has 0 saturated heterocycles. The Kier molecular flexibility index (Phi) is 3.52. The van der Waals surface area contributed by atoms with Gasteiger partial charge in [0, 0.05) is 24.9 Å². The molecule has 92 valence electrons. The summed E-state index contributed by atoms with van der Waals surface area (Å²) in [5, 5.41) is 2.81. The van der Waals surface area contributed by atoms with Gasteiger partial charge in [0.2, 0.25) is 5.91 Å². The molecular formula is C13H17NO3. The molecule has 1 heterocycles. The van der Waals surface area contributed by atoms with E-state index in [1.807, 2.05) is 18.2 Å². The van der Waals surface area contributed by atoms with E-state index in [0.29, 0.717) is 19.1 Å². The molecule has 1 aliphatic rings. The molecule has 1 amide bonds. The van der Waals surface area contributed by atoms with Gasteiger partial charge in [0.05, 0.1) is 13.7 Å². The molecule has 0 saturated carbocycles. The number of carbonyl (C=O) groups excluding carboxylic acids is 1. The molecule has 1 aromatic carbocycles. The minimum atomic E-state index is 0.00906. The van der Waals surface area contributed by atoms with Crippen molar-refractivity contribution in [2.24, 2.45) is 0 Å². The molecule has 1 unspecified atom stereocenters. The maximum atomic E-state index is 10.8. The smallest absolute Gasteiger partial charge is 0.216 e. The normalized spacial score (nSPS) is 17.2. The van der Waals surface area contributed by atoms with E-state index < -0.39 is 0 Å². The third kappa shape index (κ3) is 2.70. The zero-order valence-corrected chi connectivity index (χ0v) is 10.2. The minimum absolute atomic E-state index is 0.00906. The van der Waals surface area contributed by atoms with E-state index in [4.69, 9.17) is 9.47 Å². The van der Waals surface area contributed by atoms with E-state index in [2.05, 4.69) is 5.32 Å². The molecule has 0 spiro atoms. The minimum Gasteiger partial charge on any atom is -0.497 e. The highest BCUT2D eigenvalue weighted by molar-refractivity contribution is 5.72. The highest BCUT2D eigenvalue weighted by Gasteiger charge is 2.24. The number of hydrogen-bond donors (Lipinski definition) is 1. The maximum absolute atomic E-state index is 10.8. The van der Waals surface area contributed by atoms with Crippen LogP contribution in [0.2, 0.25) is 0 Å². The largest absolute Gasteiger partial charge is 0.497 e. The topological polar surface area (TPSA) is 47.6 Å². The Morgan fingerprint density at radius 3 is 3.12 bits per heavy atom. The molecule has 4 heteroatoms. The maximum Gasteiger partial charge on any atom is 0.216 e. The van der Waals surface area contributed by atoms with Gasteiger partial charge in [-0.3, -0.25) is 4.79 Å². The summed E-state index contributed by atoms with van der Waals surface area (Å²) in [7, 11) is 1.66. The molecule has 2 rings (SSSR count). The summed E-state index contributed by atoms with van der Waals surface area (Å²) in [5.74, 6) is 2.12. The van der Waals surface area contributed by atoms with Crippen LogP contribution >= 0.6 is 0 Å². The van der Waals surface area contributed by atoms with E-state index in [1.54, 1.807) is 7.11 Å². The molecule has 1 aliphatic heterocycles. The van der Waals surface area contributed by atoms with Crippen molar-refractivity contribution in [3.05, 3.63) is 23.8 Å². The van der Waals surface area contributed by atoms with Crippen LogP contribution in [-0.2, 0) is 4.79 Å². The summed E-state index contributed by atoms with van der Waals surface area (Å²) >= 11 is 0. The first kappa shape index (κ1) is 11.8. The van der Waals surface area contributed by atoms with Gasteiger partial charge in [0.1, 0.15) is 11.5 Å². The molecular weight excluding hydrogens is 218 g/mol. The van der Waals surface area contributed by atoms with Crippen LogP contribution in [-0.4, -0.2) is 26.2 Å². The molecule has 0 aliphatic carbocycles. The van der Waals surface area contributed by atoms with Gasteiger partial charge in [0.15, 0.2) is 0 Å². The van der Waals surface area contributed by atoms with Crippen LogP contribution in [0.5, 0.6) is 11.5 Å². The zero-order valence-electron chi connectivity index (χ0n) is 10.2. The number of fused-ring (bicyclic) bond motifs is 1. The lowest BCUT2D eigenvalue weighted by Crippen LogP contribution is -2.22. The number of amides is 1. The van der Waals surface area contributed by atoms with Crippen LogP contribution < -0.4 is 14.8 Å². The summed E-state index contributed by atoms with van der Waals surface area (Å²) in [6.45, 7) is 2.89.